The van der Waals surface area contributed by atoms with Gasteiger partial charge in [0.15, 0.2) is 11.5 Å². The van der Waals surface area contributed by atoms with Crippen LogP contribution in [-0.2, 0) is 29.6 Å². The zero-order chi connectivity index (χ0) is 37.2. The van der Waals surface area contributed by atoms with Gasteiger partial charge in [-0.1, -0.05) is 24.3 Å². The third-order valence-electron chi connectivity index (χ3n) is 11.3. The lowest BCUT2D eigenvalue weighted by Crippen LogP contribution is -2.54. The molecule has 2 saturated heterocycles. The molecule has 4 aliphatic heterocycles. The van der Waals surface area contributed by atoms with Gasteiger partial charge in [-0.2, -0.15) is 10.1 Å². The van der Waals surface area contributed by atoms with Crippen LogP contribution in [0.5, 0.6) is 0 Å². The van der Waals surface area contributed by atoms with Crippen molar-refractivity contribution in [2.24, 2.45) is 7.05 Å². The predicted octanol–water partition coefficient (Wildman–Crippen LogP) is 4.51. The van der Waals surface area contributed by atoms with Crippen molar-refractivity contribution < 1.29 is 19.2 Å². The average Bonchev–Trinajstić information content (AvgIpc) is 3.84. The third kappa shape index (κ3) is 5.82. The van der Waals surface area contributed by atoms with E-state index in [1.54, 1.807) is 16.8 Å². The Hall–Kier alpha value is -6.15. The first-order chi connectivity index (χ1) is 26.1. The van der Waals surface area contributed by atoms with Crippen molar-refractivity contribution in [2.45, 2.75) is 58.2 Å². The second-order valence-electron chi connectivity index (χ2n) is 14.7. The molecule has 3 N–H and O–H groups in total. The molecule has 14 nitrogen and oxygen atoms in total. The molecule has 9 rings (SSSR count). The maximum atomic E-state index is 13.4. The number of carbonyl (C=O) groups is 4. The number of hydrogen-bond acceptors (Lipinski definition) is 11. The van der Waals surface area contributed by atoms with E-state index in [1.807, 2.05) is 25.4 Å². The second-order valence-corrected chi connectivity index (χ2v) is 14.7. The van der Waals surface area contributed by atoms with Gasteiger partial charge in [0, 0.05) is 68.9 Å². The minimum absolute atomic E-state index is 0.0913. The summed E-state index contributed by atoms with van der Waals surface area (Å²) in [7, 11) is 1.88. The second kappa shape index (κ2) is 13.1. The van der Waals surface area contributed by atoms with Crippen LogP contribution in [0.25, 0.3) is 11.0 Å². The lowest BCUT2D eigenvalue weighted by molar-refractivity contribution is -0.136. The molecule has 3 aromatic carbocycles. The van der Waals surface area contributed by atoms with Gasteiger partial charge in [-0.05, 0) is 85.7 Å². The van der Waals surface area contributed by atoms with Crippen LogP contribution in [0.4, 0.5) is 28.8 Å². The van der Waals surface area contributed by atoms with Crippen LogP contribution in [0.1, 0.15) is 62.2 Å². The van der Waals surface area contributed by atoms with Crippen LogP contribution in [0.15, 0.2) is 60.8 Å². The summed E-state index contributed by atoms with van der Waals surface area (Å²) in [6.07, 6.45) is 3.95. The maximum absolute atomic E-state index is 13.4. The number of nitrogens with one attached hydrogen (secondary N) is 3. The molecule has 14 heteroatoms. The zero-order valence-corrected chi connectivity index (χ0v) is 30.3. The molecule has 2 atom stereocenters. The molecule has 6 heterocycles. The number of hydrogen-bond donors (Lipinski definition) is 3. The van der Waals surface area contributed by atoms with Gasteiger partial charge < -0.3 is 15.5 Å². The average molecular weight is 725 g/mol. The lowest BCUT2D eigenvalue weighted by Gasteiger charge is -2.34. The van der Waals surface area contributed by atoms with Crippen molar-refractivity contribution in [3.05, 3.63) is 94.2 Å². The maximum Gasteiger partial charge on any atom is 0.262 e. The molecule has 5 aromatic rings. The number of amides is 4. The van der Waals surface area contributed by atoms with E-state index in [0.717, 1.165) is 83.1 Å². The number of para-hydroxylation sites is 1. The summed E-state index contributed by atoms with van der Waals surface area (Å²) in [5.74, 6) is -0.761. The molecule has 0 saturated carbocycles. The molecule has 0 aliphatic carbocycles. The number of piperidine rings is 1. The zero-order valence-electron chi connectivity index (χ0n) is 30.3. The highest BCUT2D eigenvalue weighted by Gasteiger charge is 2.45. The number of rotatable bonds is 7. The number of aromatic nitrogens is 4. The van der Waals surface area contributed by atoms with E-state index in [9.17, 15) is 19.2 Å². The van der Waals surface area contributed by atoms with Gasteiger partial charge in [0.25, 0.3) is 11.8 Å². The lowest BCUT2D eigenvalue weighted by atomic mass is 9.97. The Kier molecular flexibility index (Phi) is 8.14. The summed E-state index contributed by atoms with van der Waals surface area (Å²) in [6.45, 7) is 7.54. The molecule has 0 spiro atoms. The van der Waals surface area contributed by atoms with Gasteiger partial charge in [-0.3, -0.25) is 34.3 Å². The predicted molar refractivity (Wildman–Crippen MR) is 203 cm³/mol. The van der Waals surface area contributed by atoms with E-state index in [4.69, 9.17) is 10.1 Å². The molecule has 54 heavy (non-hydrogen) atoms. The first-order valence-corrected chi connectivity index (χ1v) is 18.4. The number of benzene rings is 3. The van der Waals surface area contributed by atoms with E-state index < -0.39 is 29.7 Å². The summed E-state index contributed by atoms with van der Waals surface area (Å²) in [6, 6.07) is 17.4. The molecule has 274 valence electrons. The third-order valence-corrected chi connectivity index (χ3v) is 11.3. The van der Waals surface area contributed by atoms with Gasteiger partial charge in [0.05, 0.1) is 16.5 Å². The number of anilines is 5. The van der Waals surface area contributed by atoms with Crippen molar-refractivity contribution in [1.29, 1.82) is 0 Å². The quantitative estimate of drug-likeness (QED) is 0.203. The topological polar surface area (TPSA) is 158 Å². The molecule has 4 amide bonds. The fourth-order valence-corrected chi connectivity index (χ4v) is 8.35. The van der Waals surface area contributed by atoms with Gasteiger partial charge in [0.1, 0.15) is 6.04 Å². The molecule has 0 bridgehead atoms. The van der Waals surface area contributed by atoms with Crippen LogP contribution < -0.4 is 20.9 Å². The Morgan fingerprint density at radius 2 is 1.67 bits per heavy atom. The van der Waals surface area contributed by atoms with E-state index in [2.05, 4.69) is 74.9 Å². The number of aryl methyl sites for hydroxylation is 3. The summed E-state index contributed by atoms with van der Waals surface area (Å²) < 4.78 is 1.77. The number of carbonyl (C=O) groups excluding carboxylic acids is 4. The van der Waals surface area contributed by atoms with Crippen LogP contribution in [0.3, 0.4) is 0 Å². The summed E-state index contributed by atoms with van der Waals surface area (Å²) >= 11 is 0. The van der Waals surface area contributed by atoms with Crippen LogP contribution >= 0.6 is 0 Å². The first kappa shape index (κ1) is 33.7. The molecule has 0 radical (unpaired) electrons. The summed E-state index contributed by atoms with van der Waals surface area (Å²) in [4.78, 5) is 66.0. The van der Waals surface area contributed by atoms with Gasteiger partial charge in [-0.25, -0.2) is 9.67 Å². The Morgan fingerprint density at radius 1 is 0.852 bits per heavy atom. The smallest absolute Gasteiger partial charge is 0.262 e. The fourth-order valence-electron chi connectivity index (χ4n) is 8.35. The highest BCUT2D eigenvalue weighted by Crippen LogP contribution is 2.34. The van der Waals surface area contributed by atoms with Crippen molar-refractivity contribution in [3.8, 4) is 0 Å². The monoisotopic (exact) mass is 724 g/mol. The summed E-state index contributed by atoms with van der Waals surface area (Å²) in [5.41, 5.74) is 9.03. The van der Waals surface area contributed by atoms with Crippen molar-refractivity contribution >= 4 is 63.5 Å². The minimum Gasteiger partial charge on any atom is -0.370 e. The van der Waals surface area contributed by atoms with Crippen molar-refractivity contribution in [2.75, 3.05) is 35.2 Å². The first-order valence-electron chi connectivity index (χ1n) is 18.4. The SMILES string of the molecule is Cc1cccc(C)c1Nc1nn(C)c2nc(Nc3ccc4c(c3)CN(C3CCN(c5ccc6c(c5)C(=O)N(C5CCC(=O)NC5=O)C6=O)C3)CC4)ncc12. The largest absolute Gasteiger partial charge is 0.370 e. The highest BCUT2D eigenvalue weighted by molar-refractivity contribution is 6.23. The van der Waals surface area contributed by atoms with E-state index in [-0.39, 0.29) is 12.8 Å². The molecule has 2 unspecified atom stereocenters. The summed E-state index contributed by atoms with van der Waals surface area (Å²) in [5, 5.41) is 14.7. The molecule has 2 fully saturated rings. The Bertz CT molecular complexity index is 2390. The van der Waals surface area contributed by atoms with Crippen LogP contribution in [0, 0.1) is 13.8 Å². The van der Waals surface area contributed by atoms with Crippen molar-refractivity contribution in [1.82, 2.24) is 34.9 Å². The minimum atomic E-state index is -0.977. The van der Waals surface area contributed by atoms with Gasteiger partial charge in [0.2, 0.25) is 17.8 Å². The number of nitrogens with zero attached hydrogens (tertiary/aromatic N) is 7. The standard InChI is InChI=1S/C40H40N10O4/c1-22-5-4-6-23(2)34(22)44-35-31-19-41-40(45-36(31)47(3)46-35)42-26-8-7-24-13-15-48(20-25(24)17-26)28-14-16-49(21-28)27-9-10-29-30(18-27)39(54)50(38(29)53)32-11-12-33(51)43-37(32)52/h4-10,17-19,28,32H,11-16,20-21H2,1-3H3,(H,44,46)(H,41,42,45)(H,43,51,52). The highest BCUT2D eigenvalue weighted by atomic mass is 16.2. The van der Waals surface area contributed by atoms with Crippen LogP contribution in [0.2, 0.25) is 0 Å². The van der Waals surface area contributed by atoms with E-state index in [0.29, 0.717) is 28.9 Å². The van der Waals surface area contributed by atoms with Crippen molar-refractivity contribution in [3.63, 3.8) is 0 Å². The van der Waals surface area contributed by atoms with E-state index in [1.165, 1.54) is 11.1 Å². The molecular weight excluding hydrogens is 685 g/mol. The number of imide groups is 2. The molecular formula is C40H40N10O4. The number of fused-ring (bicyclic) bond motifs is 3. The molecule has 2 aromatic heterocycles. The van der Waals surface area contributed by atoms with Gasteiger partial charge in [-0.15, -0.1) is 0 Å². The molecule has 4 aliphatic rings. The Balaban J connectivity index is 0.866. The normalized spacial score (nSPS) is 20.1. The van der Waals surface area contributed by atoms with E-state index >= 15 is 0 Å². The Morgan fingerprint density at radius 3 is 2.48 bits per heavy atom. The fraction of sp³-hybridized carbons (Fsp3) is 0.325. The van der Waals surface area contributed by atoms with Crippen LogP contribution in [-0.4, -0.2) is 84.9 Å². The Labute approximate surface area is 311 Å². The van der Waals surface area contributed by atoms with Gasteiger partial charge >= 0.3 is 0 Å².